The molecule has 1 heterocycles. The second-order valence-electron chi connectivity index (χ2n) is 30.2. The van der Waals surface area contributed by atoms with E-state index in [1.807, 2.05) is 67.0 Å². The molecule has 4 unspecified atom stereocenters. The van der Waals surface area contributed by atoms with Gasteiger partial charge >= 0.3 is 47.8 Å². The first-order valence-corrected chi connectivity index (χ1v) is 35.7. The van der Waals surface area contributed by atoms with Crippen LogP contribution in [0.15, 0.2) is 122 Å². The standard InChI is InChI=1S/C25H34NO5.C21H29N2O5.C21H34NO5.C14H28NO5.4CH3/c1-20(27)31-19-25(2,18-29-5)24(28)30-17-23-13-11-22(12-14-23)16-26(3,4)15-21-9-7-6-8-10-21;1-5-22-10-11-23(16-22)12-18-6-8-19(9-7-18)13-27-20(25)21(3,14-26-4)15-28-17(2)24;1-7-12-22(4,5)13-18-8-10-19(11-9-18)14-26-20(24)21(3,15-25-6)16-27-17(2)23;1-12(16)20-11-14(2,10-18-6)13(17)19-9-7-8-15(3,4)5;;;;/h6-14H,15-19H2,1-5H3;6-11,16H,5,12-15H2,1-4H3;8-11H,7,12-16H2,1-6H3;7-11H2,1-6H3;4*1H3/q4*+1;4*-1. The molecule has 0 saturated heterocycles. The van der Waals surface area contributed by atoms with E-state index in [0.717, 1.165) is 94.4 Å². The number of hydrogen-bond acceptors (Lipinski definition) is 20. The van der Waals surface area contributed by atoms with E-state index in [2.05, 4.69) is 127 Å². The van der Waals surface area contributed by atoms with Crippen LogP contribution >= 0.6 is 0 Å². The number of imidazole rings is 1. The average Bonchev–Trinajstić information content (AvgIpc) is 0.952. The highest BCUT2D eigenvalue weighted by molar-refractivity contribution is 5.79. The number of hydrogen-bond donors (Lipinski definition) is 0. The molecule has 0 aliphatic carbocycles. The van der Waals surface area contributed by atoms with Gasteiger partial charge in [0.15, 0.2) is 0 Å². The van der Waals surface area contributed by atoms with Gasteiger partial charge in [0.1, 0.15) is 106 Å². The van der Waals surface area contributed by atoms with Crippen molar-refractivity contribution >= 4 is 47.8 Å². The number of carbonyl (C=O) groups excluding carboxylic acids is 8. The van der Waals surface area contributed by atoms with Gasteiger partial charge in [0, 0.05) is 79.2 Å². The van der Waals surface area contributed by atoms with E-state index in [1.165, 1.54) is 72.8 Å². The Morgan fingerprint density at radius 3 is 0.973 bits per heavy atom. The molecule has 5 rings (SSSR count). The Morgan fingerprint density at radius 2 is 0.682 bits per heavy atom. The fraction of sp³-hybridized carbons (Fsp3) is 0.541. The van der Waals surface area contributed by atoms with Gasteiger partial charge in [-0.1, -0.05) is 110 Å². The van der Waals surface area contributed by atoms with E-state index in [1.54, 1.807) is 27.7 Å². The number of carbonyl (C=O) groups is 8. The Morgan fingerprint density at radius 1 is 0.382 bits per heavy atom. The first kappa shape index (κ1) is 106. The SMILES string of the molecule is CCC[N+](C)(C)Cc1ccc(COC(=O)C(C)(COC)COC(C)=O)cc1.CCn1cc[n+](Cc2ccc(COC(=O)C(C)(COC)COC(C)=O)cc2)c1.COCC(C)(COC(C)=O)C(=O)OCCC[N+](C)(C)C.COCC(C)(COC(C)=O)C(=O)OCc1ccc(C[N+](C)(C)Cc2ccccc2)cc1.[CH3-].[CH3-].[CH3-].[CH3-]. The van der Waals surface area contributed by atoms with Crippen molar-refractivity contribution in [1.29, 1.82) is 0 Å². The fourth-order valence-corrected chi connectivity index (χ4v) is 10.8. The molecule has 110 heavy (non-hydrogen) atoms. The lowest BCUT2D eigenvalue weighted by molar-refractivity contribution is -0.916. The summed E-state index contributed by atoms with van der Waals surface area (Å²) in [5, 5.41) is 0. The molecule has 0 amide bonds. The van der Waals surface area contributed by atoms with E-state index in [0.29, 0.717) is 6.61 Å². The number of methoxy groups -OCH3 is 4. The molecule has 622 valence electrons. The highest BCUT2D eigenvalue weighted by Gasteiger charge is 2.40. The topological polar surface area (TPSA) is 256 Å². The number of benzene rings is 4. The smallest absolute Gasteiger partial charge is 0.317 e. The monoisotopic (exact) mass is 1550 g/mol. The van der Waals surface area contributed by atoms with Gasteiger partial charge in [0.2, 0.25) is 6.33 Å². The zero-order valence-corrected chi connectivity index (χ0v) is 71.3. The Kier molecular flexibility index (Phi) is 50.6. The molecule has 1 aromatic heterocycles. The Bertz CT molecular complexity index is 3450. The van der Waals surface area contributed by atoms with E-state index in [9.17, 15) is 38.4 Å². The van der Waals surface area contributed by atoms with E-state index < -0.39 is 69.4 Å². The maximum Gasteiger partial charge on any atom is 0.317 e. The minimum Gasteiger partial charge on any atom is -0.465 e. The highest BCUT2D eigenvalue weighted by Crippen LogP contribution is 2.26. The first-order valence-electron chi connectivity index (χ1n) is 35.7. The molecule has 0 aliphatic rings. The molecular weight excluding hydrogens is 1410 g/mol. The van der Waals surface area contributed by atoms with Gasteiger partial charge in [-0.15, -0.1) is 0 Å². The van der Waals surface area contributed by atoms with Crippen LogP contribution in [0.5, 0.6) is 0 Å². The van der Waals surface area contributed by atoms with Crippen LogP contribution in [0.2, 0.25) is 0 Å². The summed E-state index contributed by atoms with van der Waals surface area (Å²) in [5.41, 5.74) is 3.58. The summed E-state index contributed by atoms with van der Waals surface area (Å²) >= 11 is 0. The zero-order chi connectivity index (χ0) is 79.8. The Hall–Kier alpha value is -8.43. The minimum atomic E-state index is -1.04. The van der Waals surface area contributed by atoms with E-state index >= 15 is 0 Å². The predicted octanol–water partition coefficient (Wildman–Crippen LogP) is 11.4. The number of aryl methyl sites for hydroxylation is 1. The van der Waals surface area contributed by atoms with Gasteiger partial charge in [-0.3, -0.25) is 38.4 Å². The van der Waals surface area contributed by atoms with Crippen LogP contribution in [0, 0.1) is 51.4 Å². The summed E-state index contributed by atoms with van der Waals surface area (Å²) in [5.74, 6) is -3.53. The molecule has 25 heteroatoms. The van der Waals surface area contributed by atoms with Crippen LogP contribution in [0.25, 0.3) is 0 Å². The molecule has 25 nitrogen and oxygen atoms in total. The van der Waals surface area contributed by atoms with Crippen molar-refractivity contribution in [3.8, 4) is 0 Å². The van der Waals surface area contributed by atoms with Crippen LogP contribution in [-0.2, 0) is 148 Å². The van der Waals surface area contributed by atoms with Gasteiger partial charge in [-0.2, -0.15) is 0 Å². The van der Waals surface area contributed by atoms with Crippen molar-refractivity contribution in [2.24, 2.45) is 21.7 Å². The van der Waals surface area contributed by atoms with Crippen LogP contribution in [-0.4, -0.2) is 216 Å². The summed E-state index contributed by atoms with van der Waals surface area (Å²) in [6, 6.07) is 34.6. The molecular formula is C85H137N5O20. The molecule has 0 saturated carbocycles. The van der Waals surface area contributed by atoms with Gasteiger partial charge < -0.3 is 100.0 Å². The lowest BCUT2D eigenvalue weighted by Crippen LogP contribution is -2.40. The molecule has 5 aromatic rings. The first-order chi connectivity index (χ1) is 49.7. The van der Waals surface area contributed by atoms with E-state index in [4.69, 9.17) is 56.8 Å². The largest absolute Gasteiger partial charge is 0.465 e. The number of rotatable bonds is 41. The second kappa shape index (κ2) is 52.7. The summed E-state index contributed by atoms with van der Waals surface area (Å²) in [6.45, 7) is 23.8. The Balaban J connectivity index is -0.00000139. The maximum atomic E-state index is 12.6. The summed E-state index contributed by atoms with van der Waals surface area (Å²) in [7, 11) is 21.1. The average molecular weight is 1550 g/mol. The van der Waals surface area contributed by atoms with Crippen LogP contribution in [0.1, 0.15) is 121 Å². The molecule has 0 aliphatic heterocycles. The van der Waals surface area contributed by atoms with Gasteiger partial charge in [-0.05, 0) is 63.3 Å². The quantitative estimate of drug-likeness (QED) is 0.00880. The second-order valence-corrected chi connectivity index (χ2v) is 30.2. The lowest BCUT2D eigenvalue weighted by Gasteiger charge is -2.30. The van der Waals surface area contributed by atoms with Crippen molar-refractivity contribution in [2.45, 2.75) is 135 Å². The van der Waals surface area contributed by atoms with Gasteiger partial charge in [0.25, 0.3) is 0 Å². The van der Waals surface area contributed by atoms with Crippen molar-refractivity contribution < 1.29 is 113 Å². The van der Waals surface area contributed by atoms with Crippen LogP contribution in [0.3, 0.4) is 0 Å². The molecule has 0 bridgehead atoms. The van der Waals surface area contributed by atoms with E-state index in [-0.39, 0.29) is 102 Å². The minimum absolute atomic E-state index is 0. The maximum absolute atomic E-state index is 12.6. The molecule has 0 N–H and O–H groups in total. The Labute approximate surface area is 659 Å². The highest BCUT2D eigenvalue weighted by atomic mass is 16.6. The van der Waals surface area contributed by atoms with Crippen LogP contribution in [0.4, 0.5) is 0 Å². The normalized spacial score (nSPS) is 13.1. The van der Waals surface area contributed by atoms with Crippen LogP contribution < -0.4 is 4.57 Å². The number of quaternary nitrogens is 3. The predicted molar refractivity (Wildman–Crippen MR) is 426 cm³/mol. The third kappa shape index (κ3) is 42.7. The third-order valence-electron chi connectivity index (χ3n) is 16.6. The third-order valence-corrected chi connectivity index (χ3v) is 16.6. The van der Waals surface area contributed by atoms with Crippen molar-refractivity contribution in [3.63, 3.8) is 0 Å². The number of nitrogens with zero attached hydrogens (tertiary/aromatic N) is 5. The van der Waals surface area contributed by atoms with Crippen molar-refractivity contribution in [3.05, 3.63) is 191 Å². The summed E-state index contributed by atoms with van der Waals surface area (Å²) in [6.07, 6.45) is 8.08. The molecule has 0 fully saturated rings. The molecule has 4 atom stereocenters. The zero-order valence-electron chi connectivity index (χ0n) is 71.3. The lowest BCUT2D eigenvalue weighted by atomic mass is 9.93. The van der Waals surface area contributed by atoms with Crippen molar-refractivity contribution in [2.75, 3.05) is 150 Å². The summed E-state index contributed by atoms with van der Waals surface area (Å²) < 4.78 is 68.7. The van der Waals surface area contributed by atoms with Gasteiger partial charge in [-0.25, -0.2) is 9.13 Å². The fourth-order valence-electron chi connectivity index (χ4n) is 10.8. The number of esters is 8. The number of ether oxygens (including phenoxy) is 12. The molecule has 0 spiro atoms. The number of aromatic nitrogens is 2. The van der Waals surface area contributed by atoms with Crippen molar-refractivity contribution in [1.82, 2.24) is 4.57 Å². The summed E-state index contributed by atoms with van der Waals surface area (Å²) in [4.78, 5) is 93.7. The molecule has 0 radical (unpaired) electrons. The van der Waals surface area contributed by atoms with Gasteiger partial charge in [0.05, 0.1) is 102 Å². The molecule has 4 aromatic carbocycles.